The number of hydrogen-bond donors (Lipinski definition) is 2. The van der Waals surface area contributed by atoms with E-state index < -0.39 is 5.97 Å². The van der Waals surface area contributed by atoms with Gasteiger partial charge in [-0.15, -0.1) is 11.3 Å². The molecular weight excluding hydrogens is 290 g/mol. The van der Waals surface area contributed by atoms with Gasteiger partial charge in [-0.05, 0) is 23.1 Å². The molecule has 1 atom stereocenters. The number of carbonyl (C=O) groups excluding carboxylic acids is 1. The van der Waals surface area contributed by atoms with E-state index >= 15 is 0 Å². The summed E-state index contributed by atoms with van der Waals surface area (Å²) in [6.45, 7) is 3.98. The monoisotopic (exact) mass is 307 g/mol. The zero-order valence-electron chi connectivity index (χ0n) is 11.5. The van der Waals surface area contributed by atoms with Crippen LogP contribution in [0.5, 0.6) is 0 Å². The molecule has 0 spiro atoms. The lowest BCUT2D eigenvalue weighted by atomic mass is 10.1. The maximum atomic E-state index is 11.6. The van der Waals surface area contributed by atoms with E-state index in [2.05, 4.69) is 10.2 Å². The van der Waals surface area contributed by atoms with Crippen LogP contribution in [0, 0.1) is 0 Å². The molecule has 2 aliphatic rings. The minimum atomic E-state index is -0.934. The van der Waals surface area contributed by atoms with E-state index in [1.54, 1.807) is 17.4 Å². The Morgan fingerprint density at radius 1 is 1.52 bits per heavy atom. The number of carboxylic acid groups (broad SMARTS) is 1. The first-order valence-electron chi connectivity index (χ1n) is 6.87. The standard InChI is InChI=1S/C14H17N3O3S/c18-13(19)2-1-10-3-6-21-12(10)9-16-4-5-17-11(8-16)7-15-14(17)20/h1-3,6,11H,4-5,7-9H2,(H,15,20)(H,18,19). The first kappa shape index (κ1) is 14.1. The number of fused-ring (bicyclic) bond motifs is 1. The van der Waals surface area contributed by atoms with Crippen molar-refractivity contribution in [3.63, 3.8) is 0 Å². The van der Waals surface area contributed by atoms with Crippen molar-refractivity contribution in [2.45, 2.75) is 12.6 Å². The molecule has 112 valence electrons. The average molecular weight is 307 g/mol. The number of piperazine rings is 1. The summed E-state index contributed by atoms with van der Waals surface area (Å²) in [6.07, 6.45) is 2.81. The number of thiophene rings is 1. The molecule has 21 heavy (non-hydrogen) atoms. The van der Waals surface area contributed by atoms with Gasteiger partial charge in [-0.2, -0.15) is 0 Å². The van der Waals surface area contributed by atoms with Crippen molar-refractivity contribution in [2.75, 3.05) is 26.2 Å². The van der Waals surface area contributed by atoms with Gasteiger partial charge < -0.3 is 15.3 Å². The maximum absolute atomic E-state index is 11.6. The number of urea groups is 1. The van der Waals surface area contributed by atoms with Crippen LogP contribution in [0.15, 0.2) is 17.5 Å². The Balaban J connectivity index is 1.64. The number of rotatable bonds is 4. The van der Waals surface area contributed by atoms with Gasteiger partial charge in [0.15, 0.2) is 0 Å². The molecule has 2 saturated heterocycles. The quantitative estimate of drug-likeness (QED) is 0.816. The van der Waals surface area contributed by atoms with Crippen LogP contribution in [-0.4, -0.2) is 59.1 Å². The van der Waals surface area contributed by atoms with Crippen molar-refractivity contribution in [1.82, 2.24) is 15.1 Å². The zero-order valence-corrected chi connectivity index (χ0v) is 12.3. The van der Waals surface area contributed by atoms with E-state index in [9.17, 15) is 9.59 Å². The largest absolute Gasteiger partial charge is 0.478 e. The number of aliphatic carboxylic acids is 1. The number of carboxylic acids is 1. The summed E-state index contributed by atoms with van der Waals surface area (Å²) in [7, 11) is 0. The van der Waals surface area contributed by atoms with E-state index in [1.807, 2.05) is 16.3 Å². The molecule has 1 unspecified atom stereocenters. The summed E-state index contributed by atoms with van der Waals surface area (Å²) < 4.78 is 0. The van der Waals surface area contributed by atoms with Gasteiger partial charge >= 0.3 is 12.0 Å². The third kappa shape index (κ3) is 3.08. The summed E-state index contributed by atoms with van der Waals surface area (Å²) >= 11 is 1.64. The molecule has 3 heterocycles. The highest BCUT2D eigenvalue weighted by Crippen LogP contribution is 2.23. The summed E-state index contributed by atoms with van der Waals surface area (Å²) in [6, 6.07) is 2.24. The van der Waals surface area contributed by atoms with E-state index in [0.717, 1.165) is 31.7 Å². The zero-order chi connectivity index (χ0) is 14.8. The van der Waals surface area contributed by atoms with Gasteiger partial charge in [0.25, 0.3) is 0 Å². The minimum absolute atomic E-state index is 0.0425. The molecule has 2 N–H and O–H groups in total. The van der Waals surface area contributed by atoms with Crippen LogP contribution >= 0.6 is 11.3 Å². The molecule has 2 amide bonds. The Hall–Kier alpha value is -1.86. The fourth-order valence-electron chi connectivity index (χ4n) is 2.80. The van der Waals surface area contributed by atoms with Crippen molar-refractivity contribution in [2.24, 2.45) is 0 Å². The van der Waals surface area contributed by atoms with Gasteiger partial charge in [-0.1, -0.05) is 0 Å². The van der Waals surface area contributed by atoms with E-state index in [-0.39, 0.29) is 12.1 Å². The normalized spacial score (nSPS) is 22.6. The van der Waals surface area contributed by atoms with Crippen molar-refractivity contribution in [3.05, 3.63) is 28.0 Å². The lowest BCUT2D eigenvalue weighted by Gasteiger charge is -2.36. The SMILES string of the molecule is O=C(O)C=Cc1ccsc1CN1CCN2C(=O)NCC2C1. The number of nitrogens with one attached hydrogen (secondary N) is 1. The van der Waals surface area contributed by atoms with Crippen LogP contribution in [0.1, 0.15) is 10.4 Å². The second-order valence-electron chi connectivity index (χ2n) is 5.24. The fourth-order valence-corrected chi connectivity index (χ4v) is 3.71. The second kappa shape index (κ2) is 5.87. The van der Waals surface area contributed by atoms with Gasteiger partial charge in [-0.25, -0.2) is 9.59 Å². The van der Waals surface area contributed by atoms with Crippen LogP contribution in [0.25, 0.3) is 6.08 Å². The van der Waals surface area contributed by atoms with Crippen molar-refractivity contribution >= 4 is 29.4 Å². The molecule has 0 aliphatic carbocycles. The van der Waals surface area contributed by atoms with Crippen molar-refractivity contribution in [1.29, 1.82) is 0 Å². The number of nitrogens with zero attached hydrogens (tertiary/aromatic N) is 2. The molecule has 0 bridgehead atoms. The predicted molar refractivity (Wildman–Crippen MR) is 80.2 cm³/mol. The van der Waals surface area contributed by atoms with Crippen LogP contribution in [0.3, 0.4) is 0 Å². The lowest BCUT2D eigenvalue weighted by Crippen LogP contribution is -2.51. The molecule has 2 fully saturated rings. The van der Waals surface area contributed by atoms with E-state index in [1.165, 1.54) is 11.0 Å². The Morgan fingerprint density at radius 2 is 2.38 bits per heavy atom. The fraction of sp³-hybridized carbons (Fsp3) is 0.429. The summed E-state index contributed by atoms with van der Waals surface area (Å²) in [5.41, 5.74) is 0.963. The van der Waals surface area contributed by atoms with Crippen molar-refractivity contribution < 1.29 is 14.7 Å². The molecule has 6 nitrogen and oxygen atoms in total. The van der Waals surface area contributed by atoms with Gasteiger partial charge in [-0.3, -0.25) is 4.90 Å². The summed E-state index contributed by atoms with van der Waals surface area (Å²) in [4.78, 5) is 27.6. The predicted octanol–water partition coefficient (Wildman–Crippen LogP) is 1.06. The van der Waals surface area contributed by atoms with E-state index in [0.29, 0.717) is 6.54 Å². The lowest BCUT2D eigenvalue weighted by molar-refractivity contribution is -0.131. The Morgan fingerprint density at radius 3 is 3.19 bits per heavy atom. The first-order valence-corrected chi connectivity index (χ1v) is 7.75. The summed E-state index contributed by atoms with van der Waals surface area (Å²) in [5.74, 6) is -0.934. The van der Waals surface area contributed by atoms with Gasteiger partial charge in [0, 0.05) is 43.7 Å². The second-order valence-corrected chi connectivity index (χ2v) is 6.24. The average Bonchev–Trinajstić information content (AvgIpc) is 3.04. The molecule has 3 rings (SSSR count). The third-order valence-electron chi connectivity index (χ3n) is 3.87. The maximum Gasteiger partial charge on any atom is 0.328 e. The van der Waals surface area contributed by atoms with Crippen LogP contribution < -0.4 is 5.32 Å². The van der Waals surface area contributed by atoms with Crippen LogP contribution in [0.2, 0.25) is 0 Å². The molecule has 0 saturated carbocycles. The molecule has 1 aromatic heterocycles. The Bertz CT molecular complexity index is 584. The van der Waals surface area contributed by atoms with Crippen LogP contribution in [0.4, 0.5) is 4.79 Å². The van der Waals surface area contributed by atoms with Crippen LogP contribution in [-0.2, 0) is 11.3 Å². The molecule has 7 heteroatoms. The van der Waals surface area contributed by atoms with Gasteiger partial charge in [0.1, 0.15) is 0 Å². The highest BCUT2D eigenvalue weighted by molar-refractivity contribution is 7.10. The van der Waals surface area contributed by atoms with Gasteiger partial charge in [0.05, 0.1) is 6.04 Å². The summed E-state index contributed by atoms with van der Waals surface area (Å²) in [5, 5.41) is 13.6. The number of carbonyl (C=O) groups is 2. The molecular formula is C14H17N3O3S. The minimum Gasteiger partial charge on any atom is -0.478 e. The molecule has 0 radical (unpaired) electrons. The van der Waals surface area contributed by atoms with Gasteiger partial charge in [0.2, 0.25) is 0 Å². The highest BCUT2D eigenvalue weighted by atomic mass is 32.1. The van der Waals surface area contributed by atoms with E-state index in [4.69, 9.17) is 5.11 Å². The Kier molecular flexibility index (Phi) is 3.94. The molecule has 1 aromatic rings. The number of amides is 2. The third-order valence-corrected chi connectivity index (χ3v) is 4.79. The Labute approximate surface area is 126 Å². The smallest absolute Gasteiger partial charge is 0.328 e. The molecule has 2 aliphatic heterocycles. The topological polar surface area (TPSA) is 72.9 Å². The molecule has 0 aromatic carbocycles. The first-order chi connectivity index (χ1) is 10.1. The van der Waals surface area contributed by atoms with Crippen molar-refractivity contribution in [3.8, 4) is 0 Å². The number of hydrogen-bond acceptors (Lipinski definition) is 4. The highest BCUT2D eigenvalue weighted by Gasteiger charge is 2.35.